The molecule has 1 amide bonds. The molecule has 0 bridgehead atoms. The maximum Gasteiger partial charge on any atom is 0.407 e. The van der Waals surface area contributed by atoms with E-state index in [4.69, 9.17) is 27.9 Å². The van der Waals surface area contributed by atoms with Crippen molar-refractivity contribution in [2.75, 3.05) is 11.9 Å². The molecular weight excluding hydrogens is 456 g/mol. The zero-order valence-electron chi connectivity index (χ0n) is 18.1. The number of alkyl carbamates (subject to hydrolysis) is 1. The zero-order chi connectivity index (χ0) is 23.6. The summed E-state index contributed by atoms with van der Waals surface area (Å²) in [4.78, 5) is 24.7. The van der Waals surface area contributed by atoms with Crippen molar-refractivity contribution in [1.82, 2.24) is 9.88 Å². The van der Waals surface area contributed by atoms with E-state index in [1.54, 1.807) is 52.2 Å². The summed E-state index contributed by atoms with van der Waals surface area (Å²) in [6.07, 6.45) is 1.03. The molecule has 0 fully saturated rings. The highest BCUT2D eigenvalue weighted by Gasteiger charge is 2.24. The Kier molecular flexibility index (Phi) is 7.00. The maximum absolute atomic E-state index is 14.8. The first kappa shape index (κ1) is 23.9. The number of nitrogens with zero attached hydrogens (tertiary/aromatic N) is 1. The highest BCUT2D eigenvalue weighted by Crippen LogP contribution is 2.34. The predicted molar refractivity (Wildman–Crippen MR) is 126 cm³/mol. The van der Waals surface area contributed by atoms with Gasteiger partial charge in [-0.1, -0.05) is 29.3 Å². The molecule has 0 aliphatic rings. The molecule has 32 heavy (non-hydrogen) atoms. The van der Waals surface area contributed by atoms with E-state index in [9.17, 15) is 14.0 Å². The lowest BCUT2D eigenvalue weighted by atomic mass is 10.0. The van der Waals surface area contributed by atoms with Crippen LogP contribution in [0.5, 0.6) is 0 Å². The molecule has 6 nitrogen and oxygen atoms in total. The molecule has 0 saturated heterocycles. The number of ether oxygens (including phenoxy) is 1. The van der Waals surface area contributed by atoms with Gasteiger partial charge in [0.05, 0.1) is 16.1 Å². The maximum atomic E-state index is 14.8. The number of anilines is 1. The number of hydrogen-bond acceptors (Lipinski definition) is 4. The van der Waals surface area contributed by atoms with E-state index in [1.807, 2.05) is 6.07 Å². The number of hydrogen-bond donors (Lipinski definition) is 2. The van der Waals surface area contributed by atoms with Gasteiger partial charge in [0.2, 0.25) is 0 Å². The molecule has 1 aromatic heterocycles. The summed E-state index contributed by atoms with van der Waals surface area (Å²) in [5.74, 6) is -0.584. The van der Waals surface area contributed by atoms with Gasteiger partial charge in [-0.3, -0.25) is 4.79 Å². The summed E-state index contributed by atoms with van der Waals surface area (Å²) in [5, 5.41) is 7.27. The largest absolute Gasteiger partial charge is 0.444 e. The van der Waals surface area contributed by atoms with Crippen molar-refractivity contribution in [3.8, 4) is 0 Å². The molecule has 1 atom stereocenters. The van der Waals surface area contributed by atoms with Crippen LogP contribution in [-0.4, -0.2) is 22.8 Å². The summed E-state index contributed by atoms with van der Waals surface area (Å²) in [6, 6.07) is 8.83. The minimum absolute atomic E-state index is 0.0341. The molecule has 0 spiro atoms. The van der Waals surface area contributed by atoms with E-state index in [2.05, 4.69) is 10.6 Å². The van der Waals surface area contributed by atoms with Gasteiger partial charge in [0.15, 0.2) is 0 Å². The number of carbonyl (C=O) groups excluding carboxylic acids is 1. The van der Waals surface area contributed by atoms with E-state index in [0.29, 0.717) is 11.1 Å². The average molecular weight is 480 g/mol. The molecule has 170 valence electrons. The number of benzene rings is 2. The Morgan fingerprint density at radius 3 is 2.59 bits per heavy atom. The predicted octanol–water partition coefficient (Wildman–Crippen LogP) is 5.66. The van der Waals surface area contributed by atoms with Gasteiger partial charge in [-0.2, -0.15) is 0 Å². The lowest BCUT2D eigenvalue weighted by Gasteiger charge is -2.25. The van der Waals surface area contributed by atoms with Gasteiger partial charge in [0.1, 0.15) is 11.4 Å². The SMILES string of the molecule is Cn1ccc2ccc(NC(CNC(=O)OC(C)(C)C)c3c(F)ccc(Cl)c3Cl)cc2c1=O. The van der Waals surface area contributed by atoms with Crippen molar-refractivity contribution < 1.29 is 13.9 Å². The number of fused-ring (bicyclic) bond motifs is 1. The fourth-order valence-electron chi connectivity index (χ4n) is 3.21. The summed E-state index contributed by atoms with van der Waals surface area (Å²) in [7, 11) is 1.66. The lowest BCUT2D eigenvalue weighted by molar-refractivity contribution is 0.0525. The molecule has 2 N–H and O–H groups in total. The van der Waals surface area contributed by atoms with Crippen molar-refractivity contribution in [3.05, 3.63) is 74.4 Å². The number of aryl methyl sites for hydroxylation is 1. The average Bonchev–Trinajstić information content (AvgIpc) is 2.71. The fourth-order valence-corrected chi connectivity index (χ4v) is 3.66. The molecule has 1 heterocycles. The van der Waals surface area contributed by atoms with Crippen LogP contribution in [0.3, 0.4) is 0 Å². The first-order valence-electron chi connectivity index (χ1n) is 9.92. The number of nitrogens with one attached hydrogen (secondary N) is 2. The van der Waals surface area contributed by atoms with Crippen LogP contribution in [0.4, 0.5) is 14.9 Å². The van der Waals surface area contributed by atoms with Gasteiger partial charge in [-0.25, -0.2) is 9.18 Å². The summed E-state index contributed by atoms with van der Waals surface area (Å²) in [5.41, 5.74) is -0.213. The standard InChI is InChI=1S/C23H24Cl2FN3O3/c1-23(2,3)32-22(31)27-12-18(19-17(26)8-7-16(24)20(19)25)28-14-6-5-13-9-10-29(4)21(30)15(13)11-14/h5-11,18,28H,12H2,1-4H3,(H,27,31). The second kappa shape index (κ2) is 9.38. The van der Waals surface area contributed by atoms with Gasteiger partial charge in [0.25, 0.3) is 5.56 Å². The Morgan fingerprint density at radius 2 is 1.91 bits per heavy atom. The molecule has 3 aromatic rings. The topological polar surface area (TPSA) is 72.4 Å². The van der Waals surface area contributed by atoms with Gasteiger partial charge in [-0.15, -0.1) is 0 Å². The van der Waals surface area contributed by atoms with Crippen molar-refractivity contribution in [2.45, 2.75) is 32.4 Å². The molecule has 3 rings (SSSR count). The molecule has 9 heteroatoms. The smallest absolute Gasteiger partial charge is 0.407 e. The van der Waals surface area contributed by atoms with Gasteiger partial charge in [-0.05, 0) is 56.5 Å². The first-order chi connectivity index (χ1) is 15.0. The van der Waals surface area contributed by atoms with E-state index in [1.165, 1.54) is 16.7 Å². The normalized spacial score (nSPS) is 12.5. The molecule has 0 aliphatic carbocycles. The highest BCUT2D eigenvalue weighted by molar-refractivity contribution is 6.42. The van der Waals surface area contributed by atoms with E-state index >= 15 is 0 Å². The third-order valence-corrected chi connectivity index (χ3v) is 5.52. The van der Waals surface area contributed by atoms with Crippen LogP contribution in [0.15, 0.2) is 47.4 Å². The molecule has 2 aromatic carbocycles. The highest BCUT2D eigenvalue weighted by atomic mass is 35.5. The molecule has 1 unspecified atom stereocenters. The number of rotatable bonds is 5. The van der Waals surface area contributed by atoms with Crippen molar-refractivity contribution in [1.29, 1.82) is 0 Å². The quantitative estimate of drug-likeness (QED) is 0.462. The van der Waals surface area contributed by atoms with Crippen LogP contribution in [0, 0.1) is 5.82 Å². The second-order valence-electron chi connectivity index (χ2n) is 8.37. The number of pyridine rings is 1. The van der Waals surface area contributed by atoms with Crippen LogP contribution in [-0.2, 0) is 11.8 Å². The van der Waals surface area contributed by atoms with Crippen LogP contribution in [0.1, 0.15) is 32.4 Å². The minimum atomic E-state index is -0.793. The Hall–Kier alpha value is -2.77. The second-order valence-corrected chi connectivity index (χ2v) is 9.16. The fraction of sp³-hybridized carbons (Fsp3) is 0.304. The number of aromatic nitrogens is 1. The van der Waals surface area contributed by atoms with E-state index < -0.39 is 23.6 Å². The third-order valence-electron chi connectivity index (χ3n) is 4.70. The molecule has 0 aliphatic heterocycles. The van der Waals surface area contributed by atoms with E-state index in [-0.39, 0.29) is 27.7 Å². The van der Waals surface area contributed by atoms with Crippen LogP contribution in [0.2, 0.25) is 10.0 Å². The molecule has 0 saturated carbocycles. The summed E-state index contributed by atoms with van der Waals surface area (Å²) >= 11 is 12.4. The number of amides is 1. The Bertz CT molecular complexity index is 1220. The zero-order valence-corrected chi connectivity index (χ0v) is 19.6. The van der Waals surface area contributed by atoms with Crippen LogP contribution >= 0.6 is 23.2 Å². The molecular formula is C23H24Cl2FN3O3. The van der Waals surface area contributed by atoms with E-state index in [0.717, 1.165) is 5.39 Å². The van der Waals surface area contributed by atoms with Gasteiger partial charge >= 0.3 is 6.09 Å². The first-order valence-corrected chi connectivity index (χ1v) is 10.7. The van der Waals surface area contributed by atoms with Crippen molar-refractivity contribution in [3.63, 3.8) is 0 Å². The Labute approximate surface area is 195 Å². The number of carbonyl (C=O) groups is 1. The lowest BCUT2D eigenvalue weighted by Crippen LogP contribution is -2.36. The summed E-state index contributed by atoms with van der Waals surface area (Å²) in [6.45, 7) is 5.18. The van der Waals surface area contributed by atoms with Crippen molar-refractivity contribution >= 4 is 45.8 Å². The number of halogens is 3. The van der Waals surface area contributed by atoms with Crippen molar-refractivity contribution in [2.24, 2.45) is 7.05 Å². The minimum Gasteiger partial charge on any atom is -0.444 e. The summed E-state index contributed by atoms with van der Waals surface area (Å²) < 4.78 is 21.5. The van der Waals surface area contributed by atoms with Crippen LogP contribution in [0.25, 0.3) is 10.8 Å². The van der Waals surface area contributed by atoms with Crippen LogP contribution < -0.4 is 16.2 Å². The monoisotopic (exact) mass is 479 g/mol. The molecule has 0 radical (unpaired) electrons. The Balaban J connectivity index is 1.97. The van der Waals surface area contributed by atoms with Gasteiger partial charge < -0.3 is 19.9 Å². The van der Waals surface area contributed by atoms with Gasteiger partial charge in [0, 0.05) is 36.4 Å². The Morgan fingerprint density at radius 1 is 1.19 bits per heavy atom. The third kappa shape index (κ3) is 5.53.